The van der Waals surface area contributed by atoms with Crippen LogP contribution in [0.3, 0.4) is 0 Å². The summed E-state index contributed by atoms with van der Waals surface area (Å²) < 4.78 is 7.27. The van der Waals surface area contributed by atoms with Gasteiger partial charge in [-0.15, -0.1) is 0 Å². The molecule has 0 spiro atoms. The minimum Gasteiger partial charge on any atom is -0.455 e. The number of para-hydroxylation sites is 1. The van der Waals surface area contributed by atoms with Gasteiger partial charge in [0.25, 0.3) is 0 Å². The minimum absolute atomic E-state index is 0.378. The van der Waals surface area contributed by atoms with Gasteiger partial charge in [0.1, 0.15) is 11.2 Å². The van der Waals surface area contributed by atoms with Gasteiger partial charge in [-0.3, -0.25) is 0 Å². The van der Waals surface area contributed by atoms with Gasteiger partial charge in [0.05, 0.1) is 0 Å². The Hall–Kier alpha value is -10.6. The van der Waals surface area contributed by atoms with Crippen molar-refractivity contribution in [2.45, 2.75) is 38.5 Å². The van der Waals surface area contributed by atoms with Gasteiger partial charge in [-0.05, 0) is 202 Å². The molecule has 0 unspecified atom stereocenters. The first-order chi connectivity index (χ1) is 42.7. The number of fused-ring (bicyclic) bond motifs is 17. The van der Waals surface area contributed by atoms with Crippen LogP contribution in [-0.4, -0.2) is 0 Å². The molecule has 1 nitrogen and oxygen atoms in total. The van der Waals surface area contributed by atoms with E-state index >= 15 is 0 Å². The van der Waals surface area contributed by atoms with Crippen molar-refractivity contribution < 1.29 is 4.42 Å². The summed E-state index contributed by atoms with van der Waals surface area (Å²) in [6, 6.07) is 104. The van der Waals surface area contributed by atoms with Crippen LogP contribution in [0.4, 0.5) is 0 Å². The van der Waals surface area contributed by atoms with Gasteiger partial charge in [0, 0.05) is 27.2 Å². The molecule has 2 aliphatic rings. The predicted octanol–water partition coefficient (Wildman–Crippen LogP) is 24.0. The maximum atomic E-state index is 7.27. The lowest BCUT2D eigenvalue weighted by molar-refractivity contribution is 0.600. The van der Waals surface area contributed by atoms with Gasteiger partial charge in [-0.2, -0.15) is 0 Å². The molecule has 408 valence electrons. The zero-order chi connectivity index (χ0) is 57.9. The van der Waals surface area contributed by atoms with Crippen molar-refractivity contribution in [1.29, 1.82) is 0 Å². The molecule has 0 saturated carbocycles. The molecule has 0 fully saturated rings. The summed E-state index contributed by atoms with van der Waals surface area (Å²) in [7, 11) is 0. The summed E-state index contributed by atoms with van der Waals surface area (Å²) in [5.41, 5.74) is 26.4. The molecule has 0 amide bonds. The smallest absolute Gasteiger partial charge is 0.144 e. The molecule has 1 aromatic heterocycles. The molecule has 0 N–H and O–H groups in total. The highest BCUT2D eigenvalue weighted by atomic mass is 16.3. The van der Waals surface area contributed by atoms with E-state index in [0.29, 0.717) is 0 Å². The van der Waals surface area contributed by atoms with Crippen LogP contribution < -0.4 is 0 Å². The fourth-order valence-corrected chi connectivity index (χ4v) is 16.1. The van der Waals surface area contributed by atoms with Crippen LogP contribution in [0.25, 0.3) is 165 Å². The van der Waals surface area contributed by atoms with E-state index in [4.69, 9.17) is 4.42 Å². The third-order valence-corrected chi connectivity index (χ3v) is 19.9. The van der Waals surface area contributed by atoms with Crippen LogP contribution in [0, 0.1) is 0 Å². The quantitative estimate of drug-likeness (QED) is 0.151. The molecule has 0 bridgehead atoms. The van der Waals surface area contributed by atoms with Crippen LogP contribution >= 0.6 is 0 Å². The Morgan fingerprint density at radius 2 is 0.598 bits per heavy atom. The molecule has 18 rings (SSSR count). The second-order valence-corrected chi connectivity index (χ2v) is 25.3. The Labute approximate surface area is 506 Å². The van der Waals surface area contributed by atoms with Gasteiger partial charge in [-0.1, -0.05) is 264 Å². The number of rotatable bonds is 6. The number of hydrogen-bond acceptors (Lipinski definition) is 1. The molecular formula is C86H58O. The minimum atomic E-state index is -0.400. The highest BCUT2D eigenvalue weighted by Crippen LogP contribution is 2.64. The summed E-state index contributed by atoms with van der Waals surface area (Å²) >= 11 is 0. The van der Waals surface area contributed by atoms with E-state index in [-0.39, 0.29) is 5.41 Å². The summed E-state index contributed by atoms with van der Waals surface area (Å²) in [6.07, 6.45) is 0. The Bertz CT molecular complexity index is 5450. The lowest BCUT2D eigenvalue weighted by atomic mass is 9.71. The second kappa shape index (κ2) is 18.5. The van der Waals surface area contributed by atoms with E-state index in [1.165, 1.54) is 171 Å². The Balaban J connectivity index is 0.829. The van der Waals surface area contributed by atoms with Crippen molar-refractivity contribution in [2.24, 2.45) is 0 Å². The van der Waals surface area contributed by atoms with Crippen molar-refractivity contribution >= 4 is 75.8 Å². The fourth-order valence-electron chi connectivity index (χ4n) is 16.1. The average Bonchev–Trinajstić information content (AvgIpc) is 1.52. The molecule has 0 saturated heterocycles. The molecule has 2 aliphatic carbocycles. The SMILES string of the molecule is CC1(C)c2cc(-c3c4ccccc4c(-c4cc(-c5ccccc5)cc(-c5ccccc5)c4)c4ccccc34)ccc2-c2c1c1c(c3c2oc2ccccc23)-c2ccc(-c3c4ccccc4c(-c4ccc5ccccc5c4)c4ccccc34)cc2C1(C)C. The van der Waals surface area contributed by atoms with Gasteiger partial charge in [0.2, 0.25) is 0 Å². The Kier molecular flexibility index (Phi) is 10.6. The summed E-state index contributed by atoms with van der Waals surface area (Å²) in [5, 5.41) is 14.9. The van der Waals surface area contributed by atoms with Crippen molar-refractivity contribution in [3.8, 4) is 89.0 Å². The van der Waals surface area contributed by atoms with Crippen LogP contribution in [0.2, 0.25) is 0 Å². The Morgan fingerprint density at radius 3 is 1.08 bits per heavy atom. The Morgan fingerprint density at radius 1 is 0.241 bits per heavy atom. The molecule has 1 heterocycles. The van der Waals surface area contributed by atoms with Crippen molar-refractivity contribution in [3.63, 3.8) is 0 Å². The topological polar surface area (TPSA) is 13.1 Å². The van der Waals surface area contributed by atoms with Crippen LogP contribution in [0.15, 0.2) is 283 Å². The normalized spacial score (nSPS) is 13.7. The third-order valence-electron chi connectivity index (χ3n) is 19.9. The van der Waals surface area contributed by atoms with Gasteiger partial charge >= 0.3 is 0 Å². The first kappa shape index (κ1) is 49.8. The van der Waals surface area contributed by atoms with Gasteiger partial charge in [-0.25, -0.2) is 0 Å². The standard InChI is InChI=1S/C86H58O/c1-85(2)72-49-56(76-63-31-15-13-29-61(63)75(62-30-14-16-32-64(62)76)55-40-39-53-27-11-12-28-54(53)45-55)41-43-69(72)79-80-71-37-21-22-38-74(71)87-84(80)81-70-44-42-57(50-73(70)86(3,4)83(81)82(79)85)77-65-33-17-19-35-67(65)78(68-36-20-18-34-66(68)77)60-47-58(51-23-7-5-8-24-51)46-59(48-60)52-25-9-6-10-26-52/h5-50H,1-4H3. The summed E-state index contributed by atoms with van der Waals surface area (Å²) in [6.45, 7) is 9.91. The maximum Gasteiger partial charge on any atom is 0.144 e. The van der Waals surface area contributed by atoms with E-state index in [1.54, 1.807) is 0 Å². The fraction of sp³-hybridized carbons (Fsp3) is 0.0698. The van der Waals surface area contributed by atoms with Crippen molar-refractivity contribution in [2.75, 3.05) is 0 Å². The zero-order valence-electron chi connectivity index (χ0n) is 49.0. The van der Waals surface area contributed by atoms with E-state index in [2.05, 4.69) is 307 Å². The number of hydrogen-bond donors (Lipinski definition) is 0. The highest BCUT2D eigenvalue weighted by Gasteiger charge is 2.49. The largest absolute Gasteiger partial charge is 0.455 e. The molecule has 87 heavy (non-hydrogen) atoms. The summed E-state index contributed by atoms with van der Waals surface area (Å²) in [5.74, 6) is 0. The molecule has 0 atom stereocenters. The molecular weight excluding hydrogens is 1050 g/mol. The highest BCUT2D eigenvalue weighted by molar-refractivity contribution is 6.25. The van der Waals surface area contributed by atoms with Crippen LogP contribution in [-0.2, 0) is 10.8 Å². The molecule has 0 aliphatic heterocycles. The average molecular weight is 1110 g/mol. The maximum absolute atomic E-state index is 7.27. The lowest BCUT2D eigenvalue weighted by Crippen LogP contribution is -2.24. The number of furan rings is 1. The third kappa shape index (κ3) is 7.15. The zero-order valence-corrected chi connectivity index (χ0v) is 49.0. The van der Waals surface area contributed by atoms with Gasteiger partial charge in [0.15, 0.2) is 0 Å². The molecule has 1 heteroatoms. The first-order valence-corrected chi connectivity index (χ1v) is 30.6. The number of benzene rings is 15. The van der Waals surface area contributed by atoms with Crippen molar-refractivity contribution in [3.05, 3.63) is 301 Å². The molecule has 16 aromatic rings. The lowest BCUT2D eigenvalue weighted by Gasteiger charge is -2.31. The first-order valence-electron chi connectivity index (χ1n) is 30.6. The van der Waals surface area contributed by atoms with Crippen LogP contribution in [0.5, 0.6) is 0 Å². The van der Waals surface area contributed by atoms with E-state index in [9.17, 15) is 0 Å². The van der Waals surface area contributed by atoms with E-state index in [0.717, 1.165) is 16.6 Å². The second-order valence-electron chi connectivity index (χ2n) is 25.3. The molecule has 0 radical (unpaired) electrons. The van der Waals surface area contributed by atoms with E-state index < -0.39 is 5.41 Å². The van der Waals surface area contributed by atoms with E-state index in [1.807, 2.05) is 0 Å². The van der Waals surface area contributed by atoms with Crippen LogP contribution in [0.1, 0.15) is 49.9 Å². The van der Waals surface area contributed by atoms with Crippen molar-refractivity contribution in [1.82, 2.24) is 0 Å². The van der Waals surface area contributed by atoms with Gasteiger partial charge < -0.3 is 4.42 Å². The predicted molar refractivity (Wildman–Crippen MR) is 369 cm³/mol. The monoisotopic (exact) mass is 1110 g/mol. The summed E-state index contributed by atoms with van der Waals surface area (Å²) in [4.78, 5) is 0. The molecule has 15 aromatic carbocycles.